The molecule has 2 unspecified atom stereocenters. The first-order chi connectivity index (χ1) is 8.48. The van der Waals surface area contributed by atoms with Crippen LogP contribution in [0.5, 0.6) is 0 Å². The Morgan fingerprint density at radius 2 is 2.17 bits per heavy atom. The maximum absolute atomic E-state index is 13.5. The number of methoxy groups -OCH3 is 1. The molecule has 18 heavy (non-hydrogen) atoms. The average Bonchev–Trinajstić information content (AvgIpc) is 2.39. The summed E-state index contributed by atoms with van der Waals surface area (Å²) in [5.41, 5.74) is 0.687. The number of likely N-dealkylation sites (N-methyl/N-ethyl adjacent to an activating group) is 1. The number of halogens is 2. The monoisotopic (exact) mass is 317 g/mol. The van der Waals surface area contributed by atoms with Crippen LogP contribution in [0.4, 0.5) is 4.39 Å². The highest BCUT2D eigenvalue weighted by atomic mass is 79.9. The second-order valence-corrected chi connectivity index (χ2v) is 5.42. The molecule has 2 nitrogen and oxygen atoms in total. The van der Waals surface area contributed by atoms with Crippen molar-refractivity contribution in [2.75, 3.05) is 14.2 Å². The highest BCUT2D eigenvalue weighted by Gasteiger charge is 2.32. The fourth-order valence-corrected chi connectivity index (χ4v) is 2.51. The fourth-order valence-electron chi connectivity index (χ4n) is 2.08. The summed E-state index contributed by atoms with van der Waals surface area (Å²) < 4.78 is 19.6. The second-order valence-electron chi connectivity index (χ2n) is 4.63. The van der Waals surface area contributed by atoms with Crippen molar-refractivity contribution in [1.82, 2.24) is 5.32 Å². The molecule has 0 bridgehead atoms. The summed E-state index contributed by atoms with van der Waals surface area (Å²) in [6.45, 7) is 4.16. The van der Waals surface area contributed by atoms with E-state index in [9.17, 15) is 4.39 Å². The molecule has 1 N–H and O–H groups in total. The molecule has 1 rings (SSSR count). The standard InChI is InChI=1S/C14H21BrFNO/c1-5-14(2,18-4)12(17-3)9-10-7-6-8-11(16)13(10)15/h6-8,12,17H,5,9H2,1-4H3. The van der Waals surface area contributed by atoms with E-state index in [1.54, 1.807) is 13.2 Å². The number of benzene rings is 1. The molecule has 0 amide bonds. The molecule has 0 fully saturated rings. The van der Waals surface area contributed by atoms with Gasteiger partial charge in [0.25, 0.3) is 0 Å². The number of ether oxygens (including phenoxy) is 1. The first-order valence-electron chi connectivity index (χ1n) is 6.13. The molecule has 1 aromatic carbocycles. The van der Waals surface area contributed by atoms with Crippen molar-refractivity contribution in [3.63, 3.8) is 0 Å². The molecule has 4 heteroatoms. The van der Waals surface area contributed by atoms with Crippen molar-refractivity contribution in [3.05, 3.63) is 34.1 Å². The summed E-state index contributed by atoms with van der Waals surface area (Å²) >= 11 is 3.30. The lowest BCUT2D eigenvalue weighted by molar-refractivity contribution is -0.0269. The summed E-state index contributed by atoms with van der Waals surface area (Å²) in [7, 11) is 3.62. The minimum atomic E-state index is -0.263. The first kappa shape index (κ1) is 15.6. The van der Waals surface area contributed by atoms with Gasteiger partial charge in [-0.15, -0.1) is 0 Å². The van der Waals surface area contributed by atoms with E-state index in [1.165, 1.54) is 6.07 Å². The van der Waals surface area contributed by atoms with E-state index in [-0.39, 0.29) is 17.5 Å². The highest BCUT2D eigenvalue weighted by Crippen LogP contribution is 2.26. The largest absolute Gasteiger partial charge is 0.377 e. The van der Waals surface area contributed by atoms with Crippen molar-refractivity contribution < 1.29 is 9.13 Å². The van der Waals surface area contributed by atoms with Crippen LogP contribution in [-0.4, -0.2) is 25.8 Å². The van der Waals surface area contributed by atoms with E-state index in [0.717, 1.165) is 12.0 Å². The van der Waals surface area contributed by atoms with E-state index in [4.69, 9.17) is 4.74 Å². The SMILES string of the molecule is CCC(C)(OC)C(Cc1cccc(F)c1Br)NC. The molecule has 102 valence electrons. The van der Waals surface area contributed by atoms with Gasteiger partial charge in [-0.25, -0.2) is 4.39 Å². The van der Waals surface area contributed by atoms with Crippen molar-refractivity contribution >= 4 is 15.9 Å². The van der Waals surface area contributed by atoms with Crippen LogP contribution in [0.2, 0.25) is 0 Å². The third-order valence-corrected chi connectivity index (χ3v) is 4.60. The molecule has 0 heterocycles. The van der Waals surface area contributed by atoms with Crippen LogP contribution in [0.3, 0.4) is 0 Å². The second kappa shape index (κ2) is 6.64. The lowest BCUT2D eigenvalue weighted by Gasteiger charge is -2.36. The van der Waals surface area contributed by atoms with E-state index < -0.39 is 0 Å². The molecule has 0 aliphatic carbocycles. The van der Waals surface area contributed by atoms with Gasteiger partial charge in [0.15, 0.2) is 0 Å². The Hall–Kier alpha value is -0.450. The topological polar surface area (TPSA) is 21.3 Å². The molecule has 0 aliphatic heterocycles. The quantitative estimate of drug-likeness (QED) is 0.866. The number of hydrogen-bond acceptors (Lipinski definition) is 2. The molecule has 0 saturated carbocycles. The van der Waals surface area contributed by atoms with E-state index in [1.807, 2.05) is 13.1 Å². The highest BCUT2D eigenvalue weighted by molar-refractivity contribution is 9.10. The zero-order valence-corrected chi connectivity index (χ0v) is 13.0. The van der Waals surface area contributed by atoms with Crippen molar-refractivity contribution in [1.29, 1.82) is 0 Å². The molecule has 2 atom stereocenters. The summed E-state index contributed by atoms with van der Waals surface area (Å²) in [5.74, 6) is -0.224. The number of nitrogens with one attached hydrogen (secondary N) is 1. The van der Waals surface area contributed by atoms with Gasteiger partial charge in [-0.1, -0.05) is 19.1 Å². The van der Waals surface area contributed by atoms with Gasteiger partial charge >= 0.3 is 0 Å². The Bertz CT molecular complexity index is 393. The predicted octanol–water partition coefficient (Wildman–Crippen LogP) is 3.53. The Kier molecular flexibility index (Phi) is 5.76. The Balaban J connectivity index is 2.96. The summed E-state index contributed by atoms with van der Waals surface area (Å²) in [6, 6.07) is 5.25. The van der Waals surface area contributed by atoms with Gasteiger partial charge in [-0.2, -0.15) is 0 Å². The minimum absolute atomic E-state index is 0.130. The Labute approximate surface area is 117 Å². The molecule has 0 aromatic heterocycles. The molecule has 0 saturated heterocycles. The molecule has 0 spiro atoms. The maximum atomic E-state index is 13.5. The minimum Gasteiger partial charge on any atom is -0.377 e. The smallest absolute Gasteiger partial charge is 0.137 e. The molecular formula is C14H21BrFNO. The normalized spacial score (nSPS) is 16.3. The van der Waals surface area contributed by atoms with Crippen LogP contribution in [0.1, 0.15) is 25.8 Å². The predicted molar refractivity (Wildman–Crippen MR) is 76.4 cm³/mol. The molecular weight excluding hydrogens is 297 g/mol. The summed E-state index contributed by atoms with van der Waals surface area (Å²) in [4.78, 5) is 0. The number of rotatable bonds is 6. The van der Waals surface area contributed by atoms with Crippen LogP contribution >= 0.6 is 15.9 Å². The Morgan fingerprint density at radius 3 is 2.67 bits per heavy atom. The first-order valence-corrected chi connectivity index (χ1v) is 6.93. The zero-order valence-electron chi connectivity index (χ0n) is 11.4. The maximum Gasteiger partial charge on any atom is 0.137 e. The zero-order chi connectivity index (χ0) is 13.8. The van der Waals surface area contributed by atoms with Crippen molar-refractivity contribution in [2.24, 2.45) is 0 Å². The van der Waals surface area contributed by atoms with Crippen LogP contribution in [0.15, 0.2) is 22.7 Å². The van der Waals surface area contributed by atoms with Crippen LogP contribution < -0.4 is 5.32 Å². The molecule has 0 radical (unpaired) electrons. The van der Waals surface area contributed by atoms with Crippen molar-refractivity contribution in [2.45, 2.75) is 38.3 Å². The van der Waals surface area contributed by atoms with Gasteiger partial charge in [-0.05, 0) is 54.4 Å². The van der Waals surface area contributed by atoms with Gasteiger partial charge in [0.05, 0.1) is 10.1 Å². The van der Waals surface area contributed by atoms with Gasteiger partial charge < -0.3 is 10.1 Å². The third-order valence-electron chi connectivity index (χ3n) is 3.71. The van der Waals surface area contributed by atoms with Gasteiger partial charge in [-0.3, -0.25) is 0 Å². The lowest BCUT2D eigenvalue weighted by atomic mass is 9.88. The van der Waals surface area contributed by atoms with E-state index in [0.29, 0.717) is 10.9 Å². The number of hydrogen-bond donors (Lipinski definition) is 1. The van der Waals surface area contributed by atoms with Gasteiger partial charge in [0, 0.05) is 13.2 Å². The lowest BCUT2D eigenvalue weighted by Crippen LogP contribution is -2.49. The average molecular weight is 318 g/mol. The molecule has 1 aromatic rings. The van der Waals surface area contributed by atoms with Crippen molar-refractivity contribution in [3.8, 4) is 0 Å². The van der Waals surface area contributed by atoms with Crippen LogP contribution in [0, 0.1) is 5.82 Å². The Morgan fingerprint density at radius 1 is 1.50 bits per heavy atom. The van der Waals surface area contributed by atoms with Gasteiger partial charge in [0.2, 0.25) is 0 Å². The molecule has 0 aliphatic rings. The van der Waals surface area contributed by atoms with Gasteiger partial charge in [0.1, 0.15) is 5.82 Å². The summed E-state index contributed by atoms with van der Waals surface area (Å²) in [6.07, 6.45) is 1.61. The fraction of sp³-hybridized carbons (Fsp3) is 0.571. The van der Waals surface area contributed by atoms with Crippen LogP contribution in [-0.2, 0) is 11.2 Å². The summed E-state index contributed by atoms with van der Waals surface area (Å²) in [5, 5.41) is 3.27. The van der Waals surface area contributed by atoms with E-state index >= 15 is 0 Å². The third kappa shape index (κ3) is 3.31. The van der Waals surface area contributed by atoms with E-state index in [2.05, 4.69) is 35.1 Å². The van der Waals surface area contributed by atoms with Crippen LogP contribution in [0.25, 0.3) is 0 Å².